The monoisotopic (exact) mass is 435 g/mol. The summed E-state index contributed by atoms with van der Waals surface area (Å²) in [5.74, 6) is 0.363. The predicted octanol–water partition coefficient (Wildman–Crippen LogP) is 5.81. The minimum absolute atomic E-state index is 0.267. The van der Waals surface area contributed by atoms with E-state index in [1.54, 1.807) is 48.6 Å². The Kier molecular flexibility index (Phi) is 6.34. The van der Waals surface area contributed by atoms with Crippen LogP contribution in [0, 0.1) is 0 Å². The lowest BCUT2D eigenvalue weighted by Crippen LogP contribution is -2.27. The van der Waals surface area contributed by atoms with Crippen molar-refractivity contribution >= 4 is 57.9 Å². The molecule has 0 bridgehead atoms. The van der Waals surface area contributed by atoms with E-state index >= 15 is 0 Å². The minimum atomic E-state index is -0.431. The van der Waals surface area contributed by atoms with Crippen LogP contribution in [0.1, 0.15) is 5.56 Å². The van der Waals surface area contributed by atoms with Gasteiger partial charge in [0.1, 0.15) is 6.61 Å². The molecule has 1 heterocycles. The standard InChI is InChI=1S/C20H15Cl2NO4S/c1-3-7-27-18-15(22)8-12(9-16(18)26-2)10-17-19(24)23(20(25)28-17)14-6-4-5-13(21)11-14/h3-6,8-11H,1,7H2,2H3. The summed E-state index contributed by atoms with van der Waals surface area (Å²) < 4.78 is 10.8. The second-order valence-electron chi connectivity index (χ2n) is 5.63. The van der Waals surface area contributed by atoms with Crippen molar-refractivity contribution in [1.29, 1.82) is 0 Å². The van der Waals surface area contributed by atoms with Crippen LogP contribution in [-0.2, 0) is 4.79 Å². The molecule has 3 rings (SSSR count). The van der Waals surface area contributed by atoms with Gasteiger partial charge in [-0.1, -0.05) is 41.9 Å². The highest BCUT2D eigenvalue weighted by atomic mass is 35.5. The first-order chi connectivity index (χ1) is 13.4. The summed E-state index contributed by atoms with van der Waals surface area (Å²) in [6.45, 7) is 3.87. The van der Waals surface area contributed by atoms with Crippen LogP contribution >= 0.6 is 35.0 Å². The molecule has 0 aromatic heterocycles. The van der Waals surface area contributed by atoms with Crippen LogP contribution in [0.5, 0.6) is 11.5 Å². The van der Waals surface area contributed by atoms with Gasteiger partial charge in [-0.3, -0.25) is 9.59 Å². The van der Waals surface area contributed by atoms with Gasteiger partial charge in [0.2, 0.25) is 0 Å². The molecule has 144 valence electrons. The highest BCUT2D eigenvalue weighted by molar-refractivity contribution is 8.19. The molecule has 0 aliphatic carbocycles. The number of ether oxygens (including phenoxy) is 2. The Bertz CT molecular complexity index is 990. The Hall–Kier alpha value is -2.41. The minimum Gasteiger partial charge on any atom is -0.493 e. The van der Waals surface area contributed by atoms with Gasteiger partial charge < -0.3 is 9.47 Å². The lowest BCUT2D eigenvalue weighted by atomic mass is 10.1. The number of methoxy groups -OCH3 is 1. The SMILES string of the molecule is C=CCOc1c(Cl)cc(C=C2SC(=O)N(c3cccc(Cl)c3)C2=O)cc1OC. The topological polar surface area (TPSA) is 55.8 Å². The number of imide groups is 1. The molecular weight excluding hydrogens is 421 g/mol. The Balaban J connectivity index is 1.93. The van der Waals surface area contributed by atoms with Crippen LogP contribution in [0.2, 0.25) is 10.0 Å². The molecular formula is C20H15Cl2NO4S. The van der Waals surface area contributed by atoms with Crippen molar-refractivity contribution in [3.8, 4) is 11.5 Å². The summed E-state index contributed by atoms with van der Waals surface area (Å²) in [7, 11) is 1.49. The maximum Gasteiger partial charge on any atom is 0.298 e. The van der Waals surface area contributed by atoms with Gasteiger partial charge in [-0.2, -0.15) is 0 Å². The van der Waals surface area contributed by atoms with Crippen molar-refractivity contribution in [3.05, 3.63) is 69.6 Å². The molecule has 1 aliphatic rings. The quantitative estimate of drug-likeness (QED) is 0.423. The van der Waals surface area contributed by atoms with Crippen molar-refractivity contribution < 1.29 is 19.1 Å². The van der Waals surface area contributed by atoms with Crippen molar-refractivity contribution in [2.75, 3.05) is 18.6 Å². The molecule has 1 saturated heterocycles. The zero-order chi connectivity index (χ0) is 20.3. The lowest BCUT2D eigenvalue weighted by Gasteiger charge is -2.13. The van der Waals surface area contributed by atoms with E-state index < -0.39 is 11.1 Å². The van der Waals surface area contributed by atoms with Crippen molar-refractivity contribution in [3.63, 3.8) is 0 Å². The highest BCUT2D eigenvalue weighted by Crippen LogP contribution is 2.40. The van der Waals surface area contributed by atoms with E-state index in [9.17, 15) is 9.59 Å². The van der Waals surface area contributed by atoms with Crippen molar-refractivity contribution in [1.82, 2.24) is 0 Å². The molecule has 0 atom stereocenters. The summed E-state index contributed by atoms with van der Waals surface area (Å²) in [4.78, 5) is 26.5. The summed E-state index contributed by atoms with van der Waals surface area (Å²) in [6, 6.07) is 9.87. The van der Waals surface area contributed by atoms with Crippen LogP contribution in [0.15, 0.2) is 54.0 Å². The average Bonchev–Trinajstić information content (AvgIpc) is 2.93. The average molecular weight is 436 g/mol. The van der Waals surface area contributed by atoms with E-state index in [1.807, 2.05) is 0 Å². The Morgan fingerprint density at radius 3 is 2.68 bits per heavy atom. The first-order valence-electron chi connectivity index (χ1n) is 8.09. The number of rotatable bonds is 6. The molecule has 2 amide bonds. The number of amides is 2. The molecule has 2 aromatic carbocycles. The summed E-state index contributed by atoms with van der Waals surface area (Å²) in [6.07, 6.45) is 3.18. The predicted molar refractivity (Wildman–Crippen MR) is 114 cm³/mol. The van der Waals surface area contributed by atoms with Gasteiger partial charge in [0.05, 0.1) is 22.7 Å². The van der Waals surface area contributed by atoms with E-state index in [-0.39, 0.29) is 11.5 Å². The van der Waals surface area contributed by atoms with Gasteiger partial charge in [-0.15, -0.1) is 0 Å². The number of hydrogen-bond acceptors (Lipinski definition) is 5. The third kappa shape index (κ3) is 4.19. The molecule has 0 spiro atoms. The number of halogens is 2. The molecule has 28 heavy (non-hydrogen) atoms. The number of thioether (sulfide) groups is 1. The molecule has 8 heteroatoms. The number of hydrogen-bond donors (Lipinski definition) is 0. The first kappa shape index (κ1) is 20.3. The molecule has 1 fully saturated rings. The maximum atomic E-state index is 12.8. The highest BCUT2D eigenvalue weighted by Gasteiger charge is 2.36. The van der Waals surface area contributed by atoms with Crippen molar-refractivity contribution in [2.24, 2.45) is 0 Å². The van der Waals surface area contributed by atoms with Gasteiger partial charge in [0, 0.05) is 5.02 Å². The maximum absolute atomic E-state index is 12.8. The molecule has 0 N–H and O–H groups in total. The third-order valence-corrected chi connectivity index (χ3v) is 5.14. The molecule has 1 aliphatic heterocycles. The number of carbonyl (C=O) groups is 2. The first-order valence-corrected chi connectivity index (χ1v) is 9.66. The zero-order valence-electron chi connectivity index (χ0n) is 14.8. The zero-order valence-corrected chi connectivity index (χ0v) is 17.1. The molecule has 5 nitrogen and oxygen atoms in total. The fraction of sp³-hybridized carbons (Fsp3) is 0.100. The van der Waals surface area contributed by atoms with E-state index in [0.29, 0.717) is 32.8 Å². The lowest BCUT2D eigenvalue weighted by molar-refractivity contribution is -0.113. The van der Waals surface area contributed by atoms with Crippen LogP contribution in [0.25, 0.3) is 6.08 Å². The fourth-order valence-corrected chi connectivity index (χ4v) is 3.86. The second-order valence-corrected chi connectivity index (χ2v) is 7.47. The summed E-state index contributed by atoms with van der Waals surface area (Å²) >= 11 is 13.1. The number of anilines is 1. The normalized spacial score (nSPS) is 15.2. The fourth-order valence-electron chi connectivity index (χ4n) is 2.56. The van der Waals surface area contributed by atoms with E-state index in [2.05, 4.69) is 6.58 Å². The van der Waals surface area contributed by atoms with Gasteiger partial charge in [0.15, 0.2) is 11.5 Å². The van der Waals surface area contributed by atoms with Crippen LogP contribution in [-0.4, -0.2) is 24.9 Å². The second kappa shape index (κ2) is 8.73. The van der Waals surface area contributed by atoms with Crippen LogP contribution < -0.4 is 14.4 Å². The van der Waals surface area contributed by atoms with Crippen molar-refractivity contribution in [2.45, 2.75) is 0 Å². The van der Waals surface area contributed by atoms with E-state index in [0.717, 1.165) is 16.7 Å². The van der Waals surface area contributed by atoms with E-state index in [1.165, 1.54) is 7.11 Å². The number of nitrogens with zero attached hydrogens (tertiary/aromatic N) is 1. The smallest absolute Gasteiger partial charge is 0.298 e. The summed E-state index contributed by atoms with van der Waals surface area (Å²) in [5, 5.41) is 0.358. The van der Waals surface area contributed by atoms with Gasteiger partial charge in [-0.25, -0.2) is 4.90 Å². The van der Waals surface area contributed by atoms with Crippen LogP contribution in [0.3, 0.4) is 0 Å². The molecule has 0 unspecified atom stereocenters. The van der Waals surface area contributed by atoms with Gasteiger partial charge in [-0.05, 0) is 53.7 Å². The van der Waals surface area contributed by atoms with Crippen LogP contribution in [0.4, 0.5) is 10.5 Å². The molecule has 2 aromatic rings. The van der Waals surface area contributed by atoms with Gasteiger partial charge in [0.25, 0.3) is 11.1 Å². The largest absolute Gasteiger partial charge is 0.493 e. The molecule has 0 radical (unpaired) electrons. The Morgan fingerprint density at radius 2 is 2.00 bits per heavy atom. The Labute approximate surface area is 176 Å². The number of benzene rings is 2. The summed E-state index contributed by atoms with van der Waals surface area (Å²) in [5.41, 5.74) is 1.02. The number of carbonyl (C=O) groups excluding carboxylic acids is 2. The van der Waals surface area contributed by atoms with E-state index in [4.69, 9.17) is 32.7 Å². The van der Waals surface area contributed by atoms with Gasteiger partial charge >= 0.3 is 0 Å². The third-order valence-electron chi connectivity index (χ3n) is 3.76. The Morgan fingerprint density at radius 1 is 1.21 bits per heavy atom. The molecule has 0 saturated carbocycles.